The van der Waals surface area contributed by atoms with Crippen molar-refractivity contribution in [3.63, 3.8) is 0 Å². The zero-order valence-electron chi connectivity index (χ0n) is 8.96. The van der Waals surface area contributed by atoms with E-state index < -0.39 is 5.82 Å². The van der Waals surface area contributed by atoms with Crippen LogP contribution in [0.1, 0.15) is 18.4 Å². The van der Waals surface area contributed by atoms with Gasteiger partial charge in [-0.2, -0.15) is 0 Å². The van der Waals surface area contributed by atoms with E-state index >= 15 is 0 Å². The lowest BCUT2D eigenvalue weighted by atomic mass is 10.0. The Kier molecular flexibility index (Phi) is 3.79. The molecular formula is C12H15ClFNO. The summed E-state index contributed by atoms with van der Waals surface area (Å²) in [4.78, 5) is 0. The van der Waals surface area contributed by atoms with E-state index in [4.69, 9.17) is 22.1 Å². The van der Waals surface area contributed by atoms with Crippen LogP contribution in [0.25, 0.3) is 0 Å². The molecule has 1 aliphatic heterocycles. The zero-order valence-corrected chi connectivity index (χ0v) is 9.71. The first kappa shape index (κ1) is 11.8. The molecular weight excluding hydrogens is 229 g/mol. The normalized spacial score (nSPS) is 22.3. The molecule has 0 aromatic heterocycles. The first-order valence-corrected chi connectivity index (χ1v) is 5.86. The van der Waals surface area contributed by atoms with Crippen molar-refractivity contribution in [1.82, 2.24) is 0 Å². The molecule has 1 heterocycles. The van der Waals surface area contributed by atoms with Crippen LogP contribution in [0.3, 0.4) is 0 Å². The van der Waals surface area contributed by atoms with Crippen LogP contribution in [0.4, 0.5) is 4.39 Å². The summed E-state index contributed by atoms with van der Waals surface area (Å²) in [6.45, 7) is 0.785. The second-order valence-corrected chi connectivity index (χ2v) is 4.58. The molecule has 0 saturated carbocycles. The predicted molar refractivity (Wildman–Crippen MR) is 62.1 cm³/mol. The molecule has 0 aliphatic carbocycles. The summed E-state index contributed by atoms with van der Waals surface area (Å²) in [5, 5.41) is 0.148. The van der Waals surface area contributed by atoms with Crippen molar-refractivity contribution in [3.05, 3.63) is 34.6 Å². The van der Waals surface area contributed by atoms with E-state index in [1.807, 2.05) is 0 Å². The number of rotatable bonds is 3. The van der Waals surface area contributed by atoms with Crippen LogP contribution in [-0.4, -0.2) is 18.8 Å². The summed E-state index contributed by atoms with van der Waals surface area (Å²) in [5.74, 6) is -0.390. The summed E-state index contributed by atoms with van der Waals surface area (Å²) in [7, 11) is 0. The molecule has 2 atom stereocenters. The van der Waals surface area contributed by atoms with Crippen LogP contribution in [0.2, 0.25) is 5.02 Å². The van der Waals surface area contributed by atoms with E-state index in [2.05, 4.69) is 0 Å². The highest BCUT2D eigenvalue weighted by atomic mass is 35.5. The van der Waals surface area contributed by atoms with E-state index in [1.165, 1.54) is 6.07 Å². The monoisotopic (exact) mass is 243 g/mol. The minimum absolute atomic E-state index is 0.0666. The molecule has 2 rings (SSSR count). The van der Waals surface area contributed by atoms with E-state index in [-0.39, 0.29) is 17.2 Å². The molecule has 1 fully saturated rings. The van der Waals surface area contributed by atoms with Gasteiger partial charge < -0.3 is 10.5 Å². The second kappa shape index (κ2) is 5.13. The van der Waals surface area contributed by atoms with Gasteiger partial charge in [0.2, 0.25) is 0 Å². The molecule has 0 bridgehead atoms. The van der Waals surface area contributed by atoms with Crippen molar-refractivity contribution in [3.8, 4) is 0 Å². The highest BCUT2D eigenvalue weighted by Crippen LogP contribution is 2.20. The Morgan fingerprint density at radius 1 is 1.56 bits per heavy atom. The maximum atomic E-state index is 13.2. The van der Waals surface area contributed by atoms with Gasteiger partial charge in [-0.1, -0.05) is 17.7 Å². The second-order valence-electron chi connectivity index (χ2n) is 4.17. The molecule has 16 heavy (non-hydrogen) atoms. The van der Waals surface area contributed by atoms with Crippen LogP contribution in [0, 0.1) is 5.82 Å². The Morgan fingerprint density at radius 3 is 3.00 bits per heavy atom. The Hall–Kier alpha value is -0.640. The highest BCUT2D eigenvalue weighted by Gasteiger charge is 2.23. The standard InChI is InChI=1S/C12H15ClFNO/c13-9-4-3-8(6-10(9)14)7-11(15)12-2-1-5-16-12/h3-4,6,11-12H,1-2,5,7,15H2. The lowest BCUT2D eigenvalue weighted by Gasteiger charge is -2.18. The summed E-state index contributed by atoms with van der Waals surface area (Å²) in [5.41, 5.74) is 6.88. The molecule has 0 spiro atoms. The van der Waals surface area contributed by atoms with Crippen LogP contribution in [0.15, 0.2) is 18.2 Å². The third kappa shape index (κ3) is 2.73. The Balaban J connectivity index is 1.99. The molecule has 1 aromatic rings. The smallest absolute Gasteiger partial charge is 0.142 e. The van der Waals surface area contributed by atoms with Crippen LogP contribution in [-0.2, 0) is 11.2 Å². The summed E-state index contributed by atoms with van der Waals surface area (Å²) < 4.78 is 18.7. The number of ether oxygens (including phenoxy) is 1. The quantitative estimate of drug-likeness (QED) is 0.886. The minimum Gasteiger partial charge on any atom is -0.377 e. The fourth-order valence-corrected chi connectivity index (χ4v) is 2.13. The maximum Gasteiger partial charge on any atom is 0.142 e. The predicted octanol–water partition coefficient (Wildman–Crippen LogP) is 2.53. The summed E-state index contributed by atoms with van der Waals surface area (Å²) in [6, 6.07) is 4.74. The van der Waals surface area contributed by atoms with Gasteiger partial charge in [0.25, 0.3) is 0 Å². The Bertz CT molecular complexity index is 366. The van der Waals surface area contributed by atoms with Gasteiger partial charge in [0, 0.05) is 12.6 Å². The van der Waals surface area contributed by atoms with Crippen molar-refractivity contribution < 1.29 is 9.13 Å². The third-order valence-corrected chi connectivity index (χ3v) is 3.20. The van der Waals surface area contributed by atoms with Gasteiger partial charge >= 0.3 is 0 Å². The molecule has 1 saturated heterocycles. The van der Waals surface area contributed by atoms with Gasteiger partial charge in [0.05, 0.1) is 11.1 Å². The van der Waals surface area contributed by atoms with Gasteiger partial charge in [-0.05, 0) is 37.0 Å². The molecule has 2 nitrogen and oxygen atoms in total. The number of benzene rings is 1. The molecule has 88 valence electrons. The number of nitrogens with two attached hydrogens (primary N) is 1. The van der Waals surface area contributed by atoms with E-state index in [9.17, 15) is 4.39 Å². The van der Waals surface area contributed by atoms with E-state index in [1.54, 1.807) is 12.1 Å². The lowest BCUT2D eigenvalue weighted by Crippen LogP contribution is -2.36. The Labute approximate surface area is 99.5 Å². The largest absolute Gasteiger partial charge is 0.377 e. The van der Waals surface area contributed by atoms with Crippen molar-refractivity contribution >= 4 is 11.6 Å². The van der Waals surface area contributed by atoms with Crippen molar-refractivity contribution in [2.75, 3.05) is 6.61 Å². The number of hydrogen-bond acceptors (Lipinski definition) is 2. The average molecular weight is 244 g/mol. The molecule has 1 aliphatic rings. The van der Waals surface area contributed by atoms with Gasteiger partial charge in [-0.15, -0.1) is 0 Å². The van der Waals surface area contributed by atoms with Crippen molar-refractivity contribution in [1.29, 1.82) is 0 Å². The highest BCUT2D eigenvalue weighted by molar-refractivity contribution is 6.30. The summed E-state index contributed by atoms with van der Waals surface area (Å²) >= 11 is 5.61. The van der Waals surface area contributed by atoms with Gasteiger partial charge in [0.15, 0.2) is 0 Å². The van der Waals surface area contributed by atoms with Crippen LogP contribution < -0.4 is 5.73 Å². The zero-order chi connectivity index (χ0) is 11.5. The van der Waals surface area contributed by atoms with Crippen molar-refractivity contribution in [2.45, 2.75) is 31.4 Å². The first-order valence-electron chi connectivity index (χ1n) is 5.48. The fraction of sp³-hybridized carbons (Fsp3) is 0.500. The molecule has 2 unspecified atom stereocenters. The van der Waals surface area contributed by atoms with Gasteiger partial charge in [-0.25, -0.2) is 4.39 Å². The van der Waals surface area contributed by atoms with E-state index in [0.717, 1.165) is 25.0 Å². The molecule has 0 amide bonds. The maximum absolute atomic E-state index is 13.2. The average Bonchev–Trinajstić information content (AvgIpc) is 2.77. The van der Waals surface area contributed by atoms with Crippen molar-refractivity contribution in [2.24, 2.45) is 5.73 Å². The lowest BCUT2D eigenvalue weighted by molar-refractivity contribution is 0.0900. The topological polar surface area (TPSA) is 35.2 Å². The molecule has 2 N–H and O–H groups in total. The third-order valence-electron chi connectivity index (χ3n) is 2.90. The van der Waals surface area contributed by atoms with Gasteiger partial charge in [-0.3, -0.25) is 0 Å². The molecule has 1 aromatic carbocycles. The number of halogens is 2. The first-order chi connectivity index (χ1) is 7.66. The SMILES string of the molecule is NC(Cc1ccc(Cl)c(F)c1)C1CCCO1. The molecule has 0 radical (unpaired) electrons. The molecule has 4 heteroatoms. The van der Waals surface area contributed by atoms with Crippen LogP contribution in [0.5, 0.6) is 0 Å². The minimum atomic E-state index is -0.390. The van der Waals surface area contributed by atoms with E-state index in [0.29, 0.717) is 6.42 Å². The fourth-order valence-electron chi connectivity index (χ4n) is 2.01. The summed E-state index contributed by atoms with van der Waals surface area (Å²) in [6.07, 6.45) is 2.79. The van der Waals surface area contributed by atoms with Crippen LogP contribution >= 0.6 is 11.6 Å². The Morgan fingerprint density at radius 2 is 2.38 bits per heavy atom. The van der Waals surface area contributed by atoms with Gasteiger partial charge in [0.1, 0.15) is 5.82 Å². The number of hydrogen-bond donors (Lipinski definition) is 1.